The quantitative estimate of drug-likeness (QED) is 0.137. The molecule has 11 heteroatoms. The van der Waals surface area contributed by atoms with Gasteiger partial charge in [-0.1, -0.05) is 0 Å². The predicted octanol–water partition coefficient (Wildman–Crippen LogP) is -5.86. The summed E-state index contributed by atoms with van der Waals surface area (Å²) in [6, 6.07) is 0. The van der Waals surface area contributed by atoms with E-state index in [1.807, 2.05) is 5.32 Å². The highest BCUT2D eigenvalue weighted by Gasteiger charge is 2.40. The third kappa shape index (κ3) is 5.55. The number of nitrogens with two attached hydrogens (primary N) is 1. The largest absolute Gasteiger partial charge is 0.394 e. The number of amides is 1. The molecule has 0 aliphatic rings. The summed E-state index contributed by atoms with van der Waals surface area (Å²) in [6.45, 7) is -1.77. The van der Waals surface area contributed by atoms with E-state index in [1.54, 1.807) is 0 Å². The number of hydrogen-bond donors (Lipinski definition) is 9. The van der Waals surface area contributed by atoms with E-state index in [2.05, 4.69) is 0 Å². The lowest BCUT2D eigenvalue weighted by Crippen LogP contribution is -2.68. The summed E-state index contributed by atoms with van der Waals surface area (Å²) < 4.78 is 0. The number of aliphatic hydroxyl groups excluding tert-OH is 7. The fourth-order valence-corrected chi connectivity index (χ4v) is 1.56. The first-order valence-corrected chi connectivity index (χ1v) is 6.31. The summed E-state index contributed by atoms with van der Waals surface area (Å²) in [6.07, 6.45) is -10.00. The van der Waals surface area contributed by atoms with Gasteiger partial charge in [-0.25, -0.2) is 0 Å². The van der Waals surface area contributed by atoms with Gasteiger partial charge in [0.25, 0.3) is 0 Å². The first-order chi connectivity index (χ1) is 10.1. The average Bonchev–Trinajstić information content (AvgIpc) is 2.51. The summed E-state index contributed by atoms with van der Waals surface area (Å²) in [5, 5.41) is 65.9. The van der Waals surface area contributed by atoms with Crippen molar-refractivity contribution in [3.8, 4) is 0 Å². The highest BCUT2D eigenvalue weighted by molar-refractivity contribution is 5.82. The van der Waals surface area contributed by atoms with Gasteiger partial charge < -0.3 is 46.8 Å². The summed E-state index contributed by atoms with van der Waals surface area (Å²) in [4.78, 5) is 22.6. The Hall–Kier alpha value is -1.18. The molecule has 0 saturated heterocycles. The zero-order valence-corrected chi connectivity index (χ0v) is 11.6. The molecular weight excluding hydrogens is 304 g/mol. The van der Waals surface area contributed by atoms with Gasteiger partial charge in [-0.2, -0.15) is 0 Å². The van der Waals surface area contributed by atoms with Crippen LogP contribution in [-0.2, 0) is 9.59 Å². The van der Waals surface area contributed by atoms with E-state index in [0.717, 1.165) is 0 Å². The smallest absolute Gasteiger partial charge is 0.224 e. The van der Waals surface area contributed by atoms with E-state index < -0.39 is 61.7 Å². The number of carbonyl (C=O) groups is 2. The molecule has 0 bridgehead atoms. The average molecular weight is 326 g/mol. The summed E-state index contributed by atoms with van der Waals surface area (Å²) in [5.74, 6) is -1.09. The van der Waals surface area contributed by atoms with Gasteiger partial charge in [0, 0.05) is 0 Å². The van der Waals surface area contributed by atoms with Crippen LogP contribution in [0.4, 0.5) is 0 Å². The van der Waals surface area contributed by atoms with Gasteiger partial charge in [0.1, 0.15) is 24.4 Å². The molecule has 0 spiro atoms. The Bertz CT molecular complexity index is 369. The third-order valence-electron chi connectivity index (χ3n) is 2.96. The van der Waals surface area contributed by atoms with Crippen molar-refractivity contribution in [1.29, 1.82) is 0 Å². The normalized spacial score (nSPS) is 21.1. The van der Waals surface area contributed by atoms with Crippen LogP contribution < -0.4 is 11.1 Å². The molecule has 0 aliphatic heterocycles. The lowest BCUT2D eigenvalue weighted by molar-refractivity contribution is -0.139. The molecule has 1 unspecified atom stereocenters. The van der Waals surface area contributed by atoms with Gasteiger partial charge in [-0.3, -0.25) is 9.59 Å². The van der Waals surface area contributed by atoms with Gasteiger partial charge in [-0.05, 0) is 0 Å². The van der Waals surface area contributed by atoms with Crippen LogP contribution in [0.3, 0.4) is 0 Å². The number of nitrogens with one attached hydrogen (secondary N) is 1. The number of aliphatic hydroxyl groups is 7. The van der Waals surface area contributed by atoms with E-state index >= 15 is 0 Å². The monoisotopic (exact) mass is 326 g/mol. The van der Waals surface area contributed by atoms with Crippen molar-refractivity contribution in [2.24, 2.45) is 5.73 Å². The fraction of sp³-hybridized carbons (Fsp3) is 0.818. The van der Waals surface area contributed by atoms with Crippen molar-refractivity contribution >= 4 is 12.2 Å². The van der Waals surface area contributed by atoms with E-state index in [-0.39, 0.29) is 6.29 Å². The molecule has 0 heterocycles. The Kier molecular flexibility index (Phi) is 8.58. The van der Waals surface area contributed by atoms with Crippen LogP contribution in [0.1, 0.15) is 6.42 Å². The van der Waals surface area contributed by atoms with E-state index in [9.17, 15) is 30.0 Å². The van der Waals surface area contributed by atoms with Crippen molar-refractivity contribution in [3.63, 3.8) is 0 Å². The molecule has 6 atom stereocenters. The maximum absolute atomic E-state index is 11.6. The van der Waals surface area contributed by atoms with E-state index in [4.69, 9.17) is 21.1 Å². The molecule has 0 saturated carbocycles. The van der Waals surface area contributed by atoms with E-state index in [0.29, 0.717) is 0 Å². The lowest BCUT2D eigenvalue weighted by atomic mass is 9.99. The second kappa shape index (κ2) is 9.07. The molecule has 0 rings (SSSR count). The lowest BCUT2D eigenvalue weighted by Gasteiger charge is -2.32. The molecule has 130 valence electrons. The van der Waals surface area contributed by atoms with Crippen LogP contribution in [0, 0.1) is 0 Å². The maximum atomic E-state index is 11.6. The van der Waals surface area contributed by atoms with Crippen LogP contribution in [-0.4, -0.2) is 97.3 Å². The van der Waals surface area contributed by atoms with E-state index in [1.165, 1.54) is 0 Å². The van der Waals surface area contributed by atoms with Crippen LogP contribution in [0.15, 0.2) is 0 Å². The Balaban J connectivity index is 4.77. The predicted molar refractivity (Wildman–Crippen MR) is 69.9 cm³/mol. The van der Waals surface area contributed by atoms with Crippen molar-refractivity contribution in [2.75, 3.05) is 13.2 Å². The van der Waals surface area contributed by atoms with Crippen molar-refractivity contribution in [2.45, 2.75) is 42.6 Å². The number of rotatable bonds is 10. The molecule has 11 nitrogen and oxygen atoms in total. The number of hydrogen-bond acceptors (Lipinski definition) is 10. The minimum atomic E-state index is -2.43. The van der Waals surface area contributed by atoms with Gasteiger partial charge in [0.15, 0.2) is 11.9 Å². The maximum Gasteiger partial charge on any atom is 0.224 e. The molecule has 0 radical (unpaired) electrons. The van der Waals surface area contributed by atoms with Crippen LogP contribution >= 0.6 is 0 Å². The Morgan fingerprint density at radius 3 is 1.95 bits per heavy atom. The van der Waals surface area contributed by atoms with Crippen molar-refractivity contribution in [1.82, 2.24) is 5.32 Å². The highest BCUT2D eigenvalue weighted by atomic mass is 16.4. The Labute approximate surface area is 125 Å². The molecule has 0 aliphatic carbocycles. The minimum absolute atomic E-state index is 0.0696. The third-order valence-corrected chi connectivity index (χ3v) is 2.96. The first-order valence-electron chi connectivity index (χ1n) is 6.31. The number of carbonyl (C=O) groups excluding carboxylic acids is 2. The second-order valence-electron chi connectivity index (χ2n) is 4.81. The molecule has 0 aromatic carbocycles. The molecular formula is C11H22N2O9. The first kappa shape index (κ1) is 20.8. The highest BCUT2D eigenvalue weighted by Crippen LogP contribution is 2.09. The zero-order valence-electron chi connectivity index (χ0n) is 11.6. The standard InChI is InChI=1S/C11H22N2O9/c12-11(4-16,10(22)7(19)3-15)13-8(20)1-5(17)9(21)6(18)2-14/h4-7,9-10,14-15,17-19,21-22H,1-3,12H2,(H,13,20)/t5-,6-,7-,9+,10-,11?/m1/s1. The fourth-order valence-electron chi connectivity index (χ4n) is 1.56. The summed E-state index contributed by atoms with van der Waals surface area (Å²) in [7, 11) is 0. The van der Waals surface area contributed by atoms with Crippen LogP contribution in [0.2, 0.25) is 0 Å². The molecule has 10 N–H and O–H groups in total. The summed E-state index contributed by atoms with van der Waals surface area (Å²) in [5.41, 5.74) is 2.97. The molecule has 1 amide bonds. The SMILES string of the molecule is NC(C=O)(NC(=O)C[C@@H](O)[C@H](O)[C@H](O)CO)[C@H](O)[C@H](O)CO. The van der Waals surface area contributed by atoms with Gasteiger partial charge in [-0.15, -0.1) is 0 Å². The van der Waals surface area contributed by atoms with Crippen molar-refractivity contribution in [3.05, 3.63) is 0 Å². The minimum Gasteiger partial charge on any atom is -0.394 e. The molecule has 0 aromatic heterocycles. The molecule has 0 fully saturated rings. The van der Waals surface area contributed by atoms with Gasteiger partial charge in [0.2, 0.25) is 5.91 Å². The summed E-state index contributed by atoms with van der Waals surface area (Å²) >= 11 is 0. The Morgan fingerprint density at radius 1 is 1.05 bits per heavy atom. The van der Waals surface area contributed by atoms with Gasteiger partial charge in [0.05, 0.1) is 25.7 Å². The van der Waals surface area contributed by atoms with Gasteiger partial charge >= 0.3 is 0 Å². The Morgan fingerprint density at radius 2 is 1.55 bits per heavy atom. The second-order valence-corrected chi connectivity index (χ2v) is 4.81. The van der Waals surface area contributed by atoms with Crippen LogP contribution in [0.5, 0.6) is 0 Å². The number of aldehydes is 1. The molecule has 0 aromatic rings. The molecule has 22 heavy (non-hydrogen) atoms. The van der Waals surface area contributed by atoms with Crippen molar-refractivity contribution < 1.29 is 45.3 Å². The van der Waals surface area contributed by atoms with Crippen LogP contribution in [0.25, 0.3) is 0 Å². The zero-order chi connectivity index (χ0) is 17.5. The topological polar surface area (TPSA) is 214 Å².